The van der Waals surface area contributed by atoms with E-state index in [-0.39, 0.29) is 0 Å². The Morgan fingerprint density at radius 1 is 1.50 bits per heavy atom. The lowest BCUT2D eigenvalue weighted by atomic mass is 10.0. The molecule has 0 radical (unpaired) electrons. The van der Waals surface area contributed by atoms with Gasteiger partial charge in [-0.2, -0.15) is 0 Å². The molecule has 0 saturated carbocycles. The highest BCUT2D eigenvalue weighted by Crippen LogP contribution is 2.22. The molecule has 1 fully saturated rings. The van der Waals surface area contributed by atoms with E-state index in [1.807, 2.05) is 6.92 Å². The summed E-state index contributed by atoms with van der Waals surface area (Å²) in [7, 11) is 0. The Balaban J connectivity index is 1.90. The van der Waals surface area contributed by atoms with Gasteiger partial charge in [0.15, 0.2) is 0 Å². The third kappa shape index (κ3) is 3.09. The number of aryl methyl sites for hydroxylation is 1. The first-order valence-electron chi connectivity index (χ1n) is 5.58. The van der Waals surface area contributed by atoms with Crippen molar-refractivity contribution in [1.29, 1.82) is 0 Å². The summed E-state index contributed by atoms with van der Waals surface area (Å²) >= 11 is 5.83. The van der Waals surface area contributed by atoms with E-state index in [9.17, 15) is 0 Å². The summed E-state index contributed by atoms with van der Waals surface area (Å²) in [6, 6.07) is 1.77. The fourth-order valence-electron chi connectivity index (χ4n) is 1.76. The van der Waals surface area contributed by atoms with Crippen LogP contribution in [0.3, 0.4) is 0 Å². The van der Waals surface area contributed by atoms with Crippen LogP contribution in [0.5, 0.6) is 5.75 Å². The van der Waals surface area contributed by atoms with Gasteiger partial charge in [0.1, 0.15) is 10.9 Å². The molecule has 0 N–H and O–H groups in total. The van der Waals surface area contributed by atoms with Crippen molar-refractivity contribution >= 4 is 11.6 Å². The highest BCUT2D eigenvalue weighted by atomic mass is 35.5. The molecule has 0 unspecified atom stereocenters. The second kappa shape index (κ2) is 5.51. The van der Waals surface area contributed by atoms with Crippen molar-refractivity contribution in [1.82, 2.24) is 4.98 Å². The van der Waals surface area contributed by atoms with E-state index in [4.69, 9.17) is 21.1 Å². The summed E-state index contributed by atoms with van der Waals surface area (Å²) in [5, 5.41) is 0.479. The monoisotopic (exact) mass is 241 g/mol. The lowest BCUT2D eigenvalue weighted by Gasteiger charge is -2.22. The van der Waals surface area contributed by atoms with E-state index in [2.05, 4.69) is 4.98 Å². The fourth-order valence-corrected chi connectivity index (χ4v) is 1.91. The molecular formula is C12H16ClNO2. The van der Waals surface area contributed by atoms with Gasteiger partial charge in [-0.25, -0.2) is 4.98 Å². The Bertz CT molecular complexity index is 351. The maximum atomic E-state index is 5.83. The number of nitrogens with zero attached hydrogens (tertiary/aromatic N) is 1. The van der Waals surface area contributed by atoms with Crippen LogP contribution in [0, 0.1) is 12.8 Å². The molecule has 1 aromatic heterocycles. The first-order chi connectivity index (χ1) is 7.75. The Hall–Kier alpha value is -0.800. The molecule has 1 saturated heterocycles. The van der Waals surface area contributed by atoms with Crippen LogP contribution in [-0.4, -0.2) is 24.8 Å². The van der Waals surface area contributed by atoms with E-state index < -0.39 is 0 Å². The van der Waals surface area contributed by atoms with Crippen LogP contribution in [0.25, 0.3) is 0 Å². The topological polar surface area (TPSA) is 31.4 Å². The maximum Gasteiger partial charge on any atom is 0.132 e. The van der Waals surface area contributed by atoms with Crippen LogP contribution in [0.4, 0.5) is 0 Å². The average Bonchev–Trinajstić information content (AvgIpc) is 2.32. The number of halogens is 1. The number of hydrogen-bond acceptors (Lipinski definition) is 3. The van der Waals surface area contributed by atoms with Gasteiger partial charge >= 0.3 is 0 Å². The van der Waals surface area contributed by atoms with Gasteiger partial charge in [-0.1, -0.05) is 11.6 Å². The van der Waals surface area contributed by atoms with E-state index in [0.717, 1.165) is 44.0 Å². The van der Waals surface area contributed by atoms with Gasteiger partial charge in [-0.05, 0) is 25.7 Å². The molecular weight excluding hydrogens is 226 g/mol. The maximum absolute atomic E-state index is 5.83. The van der Waals surface area contributed by atoms with Gasteiger partial charge in [-0.3, -0.25) is 0 Å². The molecule has 0 amide bonds. The highest BCUT2D eigenvalue weighted by molar-refractivity contribution is 6.29. The van der Waals surface area contributed by atoms with Crippen LogP contribution in [0.2, 0.25) is 5.15 Å². The summed E-state index contributed by atoms with van der Waals surface area (Å²) in [4.78, 5) is 4.00. The Morgan fingerprint density at radius 3 is 3.00 bits per heavy atom. The molecule has 0 spiro atoms. The van der Waals surface area contributed by atoms with E-state index >= 15 is 0 Å². The van der Waals surface area contributed by atoms with Gasteiger partial charge in [0.2, 0.25) is 0 Å². The second-order valence-corrected chi connectivity index (χ2v) is 4.53. The third-order valence-corrected chi connectivity index (χ3v) is 3.04. The predicted octanol–water partition coefficient (Wildman–Crippen LogP) is 2.85. The highest BCUT2D eigenvalue weighted by Gasteiger charge is 2.14. The second-order valence-electron chi connectivity index (χ2n) is 4.14. The molecule has 1 aliphatic rings. The number of hydrogen-bond donors (Lipinski definition) is 0. The van der Waals surface area contributed by atoms with Gasteiger partial charge < -0.3 is 9.47 Å². The van der Waals surface area contributed by atoms with Crippen molar-refractivity contribution in [3.63, 3.8) is 0 Å². The molecule has 88 valence electrons. The van der Waals surface area contributed by atoms with Crippen molar-refractivity contribution in [2.45, 2.75) is 19.8 Å². The van der Waals surface area contributed by atoms with E-state index in [0.29, 0.717) is 11.1 Å². The lowest BCUT2D eigenvalue weighted by molar-refractivity contribution is 0.0496. The molecule has 1 aromatic rings. The molecule has 0 aliphatic carbocycles. The first kappa shape index (κ1) is 11.7. The van der Waals surface area contributed by atoms with Crippen molar-refractivity contribution in [2.24, 2.45) is 5.92 Å². The zero-order valence-electron chi connectivity index (χ0n) is 9.41. The quantitative estimate of drug-likeness (QED) is 0.763. The largest absolute Gasteiger partial charge is 0.493 e. The number of aromatic nitrogens is 1. The molecule has 2 heterocycles. The van der Waals surface area contributed by atoms with Gasteiger partial charge in [0, 0.05) is 31.0 Å². The summed E-state index contributed by atoms with van der Waals surface area (Å²) < 4.78 is 11.1. The molecule has 0 bridgehead atoms. The zero-order valence-corrected chi connectivity index (χ0v) is 10.2. The normalized spacial score (nSPS) is 17.4. The molecule has 0 atom stereocenters. The molecule has 16 heavy (non-hydrogen) atoms. The summed E-state index contributed by atoms with van der Waals surface area (Å²) in [6.07, 6.45) is 3.90. The number of ether oxygens (including phenoxy) is 2. The van der Waals surface area contributed by atoms with Gasteiger partial charge in [0.25, 0.3) is 0 Å². The minimum atomic E-state index is 0.479. The lowest BCUT2D eigenvalue weighted by Crippen LogP contribution is -2.21. The predicted molar refractivity (Wildman–Crippen MR) is 63.0 cm³/mol. The van der Waals surface area contributed by atoms with Crippen molar-refractivity contribution < 1.29 is 9.47 Å². The minimum absolute atomic E-state index is 0.479. The van der Waals surface area contributed by atoms with Crippen molar-refractivity contribution in [3.8, 4) is 5.75 Å². The molecule has 3 nitrogen and oxygen atoms in total. The molecule has 1 aliphatic heterocycles. The van der Waals surface area contributed by atoms with Gasteiger partial charge in [-0.15, -0.1) is 0 Å². The average molecular weight is 242 g/mol. The Morgan fingerprint density at radius 2 is 2.25 bits per heavy atom. The summed E-state index contributed by atoms with van der Waals surface area (Å²) in [5.74, 6) is 1.44. The third-order valence-electron chi connectivity index (χ3n) is 2.84. The Labute approximate surface area is 101 Å². The summed E-state index contributed by atoms with van der Waals surface area (Å²) in [6.45, 7) is 4.42. The van der Waals surface area contributed by atoms with Crippen LogP contribution >= 0.6 is 11.6 Å². The number of pyridine rings is 1. The van der Waals surface area contributed by atoms with Crippen molar-refractivity contribution in [3.05, 3.63) is 23.0 Å². The van der Waals surface area contributed by atoms with Crippen LogP contribution < -0.4 is 4.74 Å². The molecule has 4 heteroatoms. The Kier molecular flexibility index (Phi) is 4.02. The summed E-state index contributed by atoms with van der Waals surface area (Å²) in [5.41, 5.74) is 1.02. The first-order valence-corrected chi connectivity index (χ1v) is 5.96. The van der Waals surface area contributed by atoms with Crippen LogP contribution in [0.15, 0.2) is 12.3 Å². The SMILES string of the molecule is Cc1cnc(Cl)cc1OCC1CCOCC1. The zero-order chi connectivity index (χ0) is 11.4. The van der Waals surface area contributed by atoms with E-state index in [1.165, 1.54) is 0 Å². The van der Waals surface area contributed by atoms with Crippen LogP contribution in [-0.2, 0) is 4.74 Å². The smallest absolute Gasteiger partial charge is 0.132 e. The van der Waals surface area contributed by atoms with Crippen molar-refractivity contribution in [2.75, 3.05) is 19.8 Å². The standard InChI is InChI=1S/C12H16ClNO2/c1-9-7-14-12(13)6-11(9)16-8-10-2-4-15-5-3-10/h6-7,10H,2-5,8H2,1H3. The fraction of sp³-hybridized carbons (Fsp3) is 0.583. The van der Waals surface area contributed by atoms with Gasteiger partial charge in [0.05, 0.1) is 6.61 Å². The van der Waals surface area contributed by atoms with Crippen LogP contribution in [0.1, 0.15) is 18.4 Å². The minimum Gasteiger partial charge on any atom is -0.493 e. The molecule has 2 rings (SSSR count). The molecule has 0 aromatic carbocycles. The number of rotatable bonds is 3. The van der Waals surface area contributed by atoms with E-state index in [1.54, 1.807) is 12.3 Å².